The Hall–Kier alpha value is -2.17. The number of aromatic nitrogens is 2. The van der Waals surface area contributed by atoms with Gasteiger partial charge < -0.3 is 4.90 Å². The second kappa shape index (κ2) is 6.75. The maximum absolute atomic E-state index is 13.0. The number of aryl methyl sites for hydroxylation is 1. The van der Waals surface area contributed by atoms with Gasteiger partial charge in [-0.15, -0.1) is 0 Å². The van der Waals surface area contributed by atoms with Crippen molar-refractivity contribution >= 4 is 22.5 Å². The Bertz CT molecular complexity index is 930. The summed E-state index contributed by atoms with van der Waals surface area (Å²) in [5.74, 6) is 0.655. The highest BCUT2D eigenvalue weighted by Gasteiger charge is 2.14. The quantitative estimate of drug-likeness (QED) is 0.728. The van der Waals surface area contributed by atoms with Crippen LogP contribution in [-0.2, 0) is 6.54 Å². The van der Waals surface area contributed by atoms with E-state index in [1.807, 2.05) is 50.2 Å². The third kappa shape index (κ3) is 3.21. The fraction of sp³-hybridized carbons (Fsp3) is 0.263. The lowest BCUT2D eigenvalue weighted by Crippen LogP contribution is -2.28. The van der Waals surface area contributed by atoms with Crippen LogP contribution in [0.1, 0.15) is 5.56 Å². The molecule has 0 saturated carbocycles. The van der Waals surface area contributed by atoms with Gasteiger partial charge >= 0.3 is 0 Å². The summed E-state index contributed by atoms with van der Waals surface area (Å²) in [5, 5.41) is 1.05. The van der Waals surface area contributed by atoms with Crippen LogP contribution in [0.4, 0.5) is 0 Å². The normalized spacial score (nSPS) is 11.4. The van der Waals surface area contributed by atoms with Gasteiger partial charge in [-0.2, -0.15) is 0 Å². The Morgan fingerprint density at radius 1 is 1.12 bits per heavy atom. The summed E-state index contributed by atoms with van der Waals surface area (Å²) in [7, 11) is 3.98. The van der Waals surface area contributed by atoms with Crippen molar-refractivity contribution < 1.29 is 0 Å². The van der Waals surface area contributed by atoms with Gasteiger partial charge in [-0.25, -0.2) is 4.98 Å². The van der Waals surface area contributed by atoms with Crippen LogP contribution < -0.4 is 5.56 Å². The highest BCUT2D eigenvalue weighted by Crippen LogP contribution is 2.23. The molecule has 124 valence electrons. The van der Waals surface area contributed by atoms with E-state index in [0.717, 1.165) is 12.1 Å². The van der Waals surface area contributed by atoms with Crippen LogP contribution >= 0.6 is 11.6 Å². The average Bonchev–Trinajstić information content (AvgIpc) is 2.55. The predicted octanol–water partition coefficient (Wildman–Crippen LogP) is 3.59. The molecule has 0 fully saturated rings. The van der Waals surface area contributed by atoms with Crippen LogP contribution in [0.2, 0.25) is 5.02 Å². The molecule has 1 aromatic heterocycles. The van der Waals surface area contributed by atoms with E-state index >= 15 is 0 Å². The van der Waals surface area contributed by atoms with Crippen molar-refractivity contribution in [3.63, 3.8) is 0 Å². The molecule has 24 heavy (non-hydrogen) atoms. The number of rotatable bonds is 4. The van der Waals surface area contributed by atoms with E-state index in [-0.39, 0.29) is 5.56 Å². The molecule has 0 atom stereocenters. The van der Waals surface area contributed by atoms with Crippen molar-refractivity contribution in [3.8, 4) is 11.4 Å². The maximum atomic E-state index is 13.0. The van der Waals surface area contributed by atoms with Gasteiger partial charge in [-0.05, 0) is 33.2 Å². The first-order valence-electron chi connectivity index (χ1n) is 7.88. The fourth-order valence-corrected chi connectivity index (χ4v) is 2.86. The number of likely N-dealkylation sites (N-methyl/N-ethyl adjacent to an activating group) is 1. The number of fused-ring (bicyclic) bond motifs is 1. The lowest BCUT2D eigenvalue weighted by molar-refractivity contribution is 0.381. The molecule has 1 heterocycles. The summed E-state index contributed by atoms with van der Waals surface area (Å²) >= 11 is 6.27. The SMILES string of the molecule is Cc1ccc(-c2nc3c(Cl)cccc3c(=O)n2CCN(C)C)cc1. The first-order valence-corrected chi connectivity index (χ1v) is 8.26. The van der Waals surface area contributed by atoms with Crippen molar-refractivity contribution in [2.45, 2.75) is 13.5 Å². The number of hydrogen-bond donors (Lipinski definition) is 0. The standard InChI is InChI=1S/C19H20ClN3O/c1-13-7-9-14(10-8-13)18-21-17-15(5-4-6-16(17)20)19(24)23(18)12-11-22(2)3/h4-10H,11-12H2,1-3H3. The van der Waals surface area contributed by atoms with Crippen molar-refractivity contribution in [2.75, 3.05) is 20.6 Å². The highest BCUT2D eigenvalue weighted by molar-refractivity contribution is 6.35. The molecule has 0 radical (unpaired) electrons. The molecule has 0 unspecified atom stereocenters. The van der Waals surface area contributed by atoms with E-state index in [4.69, 9.17) is 16.6 Å². The minimum Gasteiger partial charge on any atom is -0.308 e. The van der Waals surface area contributed by atoms with Gasteiger partial charge in [0.1, 0.15) is 5.82 Å². The lowest BCUT2D eigenvalue weighted by Gasteiger charge is -2.16. The smallest absolute Gasteiger partial charge is 0.261 e. The van der Waals surface area contributed by atoms with Gasteiger partial charge in [-0.3, -0.25) is 9.36 Å². The van der Waals surface area contributed by atoms with E-state index < -0.39 is 0 Å². The third-order valence-corrected chi connectivity index (χ3v) is 4.32. The van der Waals surface area contributed by atoms with E-state index in [1.165, 1.54) is 5.56 Å². The zero-order chi connectivity index (χ0) is 17.3. The molecule has 0 spiro atoms. The predicted molar refractivity (Wildman–Crippen MR) is 99.7 cm³/mol. The van der Waals surface area contributed by atoms with Gasteiger partial charge in [0.2, 0.25) is 0 Å². The molecular weight excluding hydrogens is 322 g/mol. The topological polar surface area (TPSA) is 38.1 Å². The van der Waals surface area contributed by atoms with Crippen LogP contribution in [0.15, 0.2) is 47.3 Å². The van der Waals surface area contributed by atoms with Crippen molar-refractivity contribution in [3.05, 3.63) is 63.4 Å². The van der Waals surface area contributed by atoms with Gasteiger partial charge in [0.15, 0.2) is 0 Å². The zero-order valence-corrected chi connectivity index (χ0v) is 14.8. The number of benzene rings is 2. The number of para-hydroxylation sites is 1. The molecule has 0 N–H and O–H groups in total. The second-order valence-corrected chi connectivity index (χ2v) is 6.60. The van der Waals surface area contributed by atoms with E-state index in [0.29, 0.717) is 28.3 Å². The molecule has 4 nitrogen and oxygen atoms in total. The zero-order valence-electron chi connectivity index (χ0n) is 14.1. The minimum atomic E-state index is -0.0556. The maximum Gasteiger partial charge on any atom is 0.261 e. The highest BCUT2D eigenvalue weighted by atomic mass is 35.5. The van der Waals surface area contributed by atoms with Crippen molar-refractivity contribution in [2.24, 2.45) is 0 Å². The summed E-state index contributed by atoms with van der Waals surface area (Å²) in [6, 6.07) is 13.4. The van der Waals surface area contributed by atoms with E-state index in [1.54, 1.807) is 22.8 Å². The monoisotopic (exact) mass is 341 g/mol. The average molecular weight is 342 g/mol. The first-order chi connectivity index (χ1) is 11.5. The molecule has 0 saturated heterocycles. The van der Waals surface area contributed by atoms with Crippen LogP contribution in [0.25, 0.3) is 22.3 Å². The Morgan fingerprint density at radius 3 is 2.50 bits per heavy atom. The van der Waals surface area contributed by atoms with Crippen LogP contribution in [0.5, 0.6) is 0 Å². The van der Waals surface area contributed by atoms with Gasteiger partial charge in [0.05, 0.1) is 15.9 Å². The molecule has 0 amide bonds. The Kier molecular flexibility index (Phi) is 4.69. The number of nitrogens with zero attached hydrogens (tertiary/aromatic N) is 3. The second-order valence-electron chi connectivity index (χ2n) is 6.20. The number of hydrogen-bond acceptors (Lipinski definition) is 3. The molecule has 0 bridgehead atoms. The Labute approximate surface area is 146 Å². The van der Waals surface area contributed by atoms with Gasteiger partial charge in [0.25, 0.3) is 5.56 Å². The molecule has 0 aliphatic carbocycles. The summed E-state index contributed by atoms with van der Waals surface area (Å²) in [6.07, 6.45) is 0. The molecular formula is C19H20ClN3O. The lowest BCUT2D eigenvalue weighted by atomic mass is 10.1. The molecule has 3 aromatic rings. The largest absolute Gasteiger partial charge is 0.308 e. The molecule has 0 aliphatic rings. The van der Waals surface area contributed by atoms with Gasteiger partial charge in [0, 0.05) is 18.7 Å². The van der Waals surface area contributed by atoms with Crippen LogP contribution in [-0.4, -0.2) is 35.1 Å². The Balaban J connectivity index is 2.27. The summed E-state index contributed by atoms with van der Waals surface area (Å²) in [6.45, 7) is 3.37. The number of halogens is 1. The van der Waals surface area contributed by atoms with Crippen LogP contribution in [0, 0.1) is 6.92 Å². The first kappa shape index (κ1) is 16.7. The van der Waals surface area contributed by atoms with Crippen molar-refractivity contribution in [1.29, 1.82) is 0 Å². The molecule has 2 aromatic carbocycles. The van der Waals surface area contributed by atoms with E-state index in [9.17, 15) is 4.79 Å². The third-order valence-electron chi connectivity index (χ3n) is 4.02. The molecule has 0 aliphatic heterocycles. The minimum absolute atomic E-state index is 0.0556. The van der Waals surface area contributed by atoms with Crippen molar-refractivity contribution in [1.82, 2.24) is 14.5 Å². The Morgan fingerprint density at radius 2 is 1.83 bits per heavy atom. The van der Waals surface area contributed by atoms with E-state index in [2.05, 4.69) is 0 Å². The summed E-state index contributed by atoms with van der Waals surface area (Å²) in [4.78, 5) is 19.8. The van der Waals surface area contributed by atoms with Gasteiger partial charge in [-0.1, -0.05) is 47.5 Å². The molecule has 5 heteroatoms. The summed E-state index contributed by atoms with van der Waals surface area (Å²) < 4.78 is 1.74. The fourth-order valence-electron chi connectivity index (χ4n) is 2.64. The van der Waals surface area contributed by atoms with Crippen LogP contribution in [0.3, 0.4) is 0 Å². The summed E-state index contributed by atoms with van der Waals surface area (Å²) in [5.41, 5.74) is 2.58. The molecule has 3 rings (SSSR count).